The third-order valence-corrected chi connectivity index (χ3v) is 6.63. The van der Waals surface area contributed by atoms with Crippen LogP contribution in [-0.4, -0.2) is 66.2 Å². The first-order valence-corrected chi connectivity index (χ1v) is 12.0. The average Bonchev–Trinajstić information content (AvgIpc) is 2.89. The third kappa shape index (κ3) is 4.31. The van der Waals surface area contributed by atoms with Gasteiger partial charge in [-0.2, -0.15) is 0 Å². The average molecular weight is 515 g/mol. The zero-order chi connectivity index (χ0) is 26.3. The molecule has 2 aliphatic heterocycles. The van der Waals surface area contributed by atoms with Crippen molar-refractivity contribution in [3.8, 4) is 0 Å². The molecule has 1 aromatic heterocycles. The lowest BCUT2D eigenvalue weighted by atomic mass is 10.1. The maximum absolute atomic E-state index is 15.5. The van der Waals surface area contributed by atoms with Gasteiger partial charge in [-0.3, -0.25) is 9.80 Å². The van der Waals surface area contributed by atoms with Gasteiger partial charge in [0.2, 0.25) is 0 Å². The minimum Gasteiger partial charge on any atom is -0.462 e. The van der Waals surface area contributed by atoms with Crippen molar-refractivity contribution in [3.63, 3.8) is 0 Å². The van der Waals surface area contributed by atoms with E-state index >= 15 is 4.39 Å². The highest BCUT2D eigenvalue weighted by Crippen LogP contribution is 2.38. The van der Waals surface area contributed by atoms with Crippen LogP contribution in [0.5, 0.6) is 0 Å². The Bertz CT molecular complexity index is 1390. The number of hydrogen-bond donors (Lipinski definition) is 1. The number of anilines is 3. The van der Waals surface area contributed by atoms with Crippen LogP contribution in [0.15, 0.2) is 24.5 Å². The van der Waals surface area contributed by atoms with E-state index in [1.165, 1.54) is 23.4 Å². The molecule has 2 amide bonds. The molecule has 0 radical (unpaired) electrons. The Morgan fingerprint density at radius 1 is 1.05 bits per heavy atom. The summed E-state index contributed by atoms with van der Waals surface area (Å²) in [4.78, 5) is 37.9. The zero-order valence-electron chi connectivity index (χ0n) is 20.4. The summed E-state index contributed by atoms with van der Waals surface area (Å²) in [6, 6.07) is 3.79. The van der Waals surface area contributed by atoms with Gasteiger partial charge in [0.1, 0.15) is 12.1 Å². The number of aromatic nitrogens is 2. The number of rotatable bonds is 6. The quantitative estimate of drug-likeness (QED) is 0.499. The predicted octanol–water partition coefficient (Wildman–Crippen LogP) is 3.92. The highest BCUT2D eigenvalue weighted by atomic mass is 19.2. The number of nitrogens with one attached hydrogen (secondary N) is 1. The molecule has 3 heterocycles. The number of hydrogen-bond acceptors (Lipinski definition) is 7. The van der Waals surface area contributed by atoms with Crippen molar-refractivity contribution >= 4 is 40.1 Å². The number of esters is 1. The molecule has 12 heteroatoms. The Balaban J connectivity index is 1.33. The molecular weight excluding hydrogens is 489 g/mol. The van der Waals surface area contributed by atoms with Crippen LogP contribution >= 0.6 is 0 Å². The molecule has 0 saturated carbocycles. The van der Waals surface area contributed by atoms with Gasteiger partial charge in [-0.1, -0.05) is 0 Å². The first-order valence-electron chi connectivity index (χ1n) is 12.0. The van der Waals surface area contributed by atoms with E-state index in [2.05, 4.69) is 15.3 Å². The first-order chi connectivity index (χ1) is 17.8. The van der Waals surface area contributed by atoms with Crippen LogP contribution < -0.4 is 15.1 Å². The second kappa shape index (κ2) is 9.85. The van der Waals surface area contributed by atoms with E-state index in [0.29, 0.717) is 55.0 Å². The van der Waals surface area contributed by atoms with Crippen LogP contribution in [0, 0.1) is 17.5 Å². The van der Waals surface area contributed by atoms with Gasteiger partial charge in [0, 0.05) is 44.8 Å². The molecule has 2 aliphatic rings. The van der Waals surface area contributed by atoms with Gasteiger partial charge in [0.15, 0.2) is 17.5 Å². The van der Waals surface area contributed by atoms with Crippen LogP contribution in [0.3, 0.4) is 0 Å². The van der Waals surface area contributed by atoms with Crippen LogP contribution in [-0.2, 0) is 11.3 Å². The smallest absolute Gasteiger partial charge is 0.341 e. The fourth-order valence-electron chi connectivity index (χ4n) is 4.78. The second-order valence-corrected chi connectivity index (χ2v) is 8.73. The summed E-state index contributed by atoms with van der Waals surface area (Å²) in [5.41, 5.74) is 0.558. The highest BCUT2D eigenvalue weighted by Gasteiger charge is 2.31. The van der Waals surface area contributed by atoms with Crippen molar-refractivity contribution in [1.29, 1.82) is 0 Å². The van der Waals surface area contributed by atoms with Gasteiger partial charge in [0.05, 0.1) is 34.4 Å². The van der Waals surface area contributed by atoms with E-state index in [-0.39, 0.29) is 24.5 Å². The van der Waals surface area contributed by atoms with Gasteiger partial charge in [0.25, 0.3) is 0 Å². The van der Waals surface area contributed by atoms with Gasteiger partial charge < -0.3 is 15.0 Å². The number of piperazine rings is 1. The molecule has 1 N–H and O–H groups in total. The van der Waals surface area contributed by atoms with Crippen LogP contribution in [0.1, 0.15) is 29.8 Å². The fraction of sp³-hybridized carbons (Fsp3) is 0.360. The van der Waals surface area contributed by atoms with Gasteiger partial charge in [-0.05, 0) is 32.0 Å². The van der Waals surface area contributed by atoms with Gasteiger partial charge in [-0.25, -0.2) is 32.7 Å². The monoisotopic (exact) mass is 514 g/mol. The van der Waals surface area contributed by atoms with Gasteiger partial charge in [-0.15, -0.1) is 0 Å². The summed E-state index contributed by atoms with van der Waals surface area (Å²) >= 11 is 0. The van der Waals surface area contributed by atoms with E-state index in [4.69, 9.17) is 4.74 Å². The number of amides is 2. The minimum absolute atomic E-state index is 0.0546. The molecule has 9 nitrogen and oxygen atoms in total. The van der Waals surface area contributed by atoms with Crippen molar-refractivity contribution in [2.45, 2.75) is 20.4 Å². The fourth-order valence-corrected chi connectivity index (χ4v) is 4.78. The summed E-state index contributed by atoms with van der Waals surface area (Å²) in [5, 5.41) is 3.08. The normalized spacial score (nSPS) is 15.8. The number of urea groups is 1. The molecule has 0 bridgehead atoms. The lowest BCUT2D eigenvalue weighted by Crippen LogP contribution is -2.46. The van der Waals surface area contributed by atoms with E-state index in [1.54, 1.807) is 24.8 Å². The number of nitrogens with zero attached hydrogens (tertiary/aromatic N) is 5. The van der Waals surface area contributed by atoms with Gasteiger partial charge >= 0.3 is 12.0 Å². The van der Waals surface area contributed by atoms with E-state index < -0.39 is 35.0 Å². The Kier molecular flexibility index (Phi) is 6.59. The lowest BCUT2D eigenvalue weighted by molar-refractivity contribution is 0.0520. The van der Waals surface area contributed by atoms with Crippen molar-refractivity contribution in [2.24, 2.45) is 0 Å². The number of carbonyl (C=O) groups excluding carboxylic acids is 2. The number of benzene rings is 2. The molecule has 194 valence electrons. The molecule has 3 aromatic rings. The summed E-state index contributed by atoms with van der Waals surface area (Å²) < 4.78 is 49.6. The Morgan fingerprint density at radius 2 is 1.81 bits per heavy atom. The molecule has 1 fully saturated rings. The predicted molar refractivity (Wildman–Crippen MR) is 131 cm³/mol. The Hall–Kier alpha value is -3.93. The Morgan fingerprint density at radius 3 is 2.51 bits per heavy atom. The first kappa shape index (κ1) is 24.8. The molecule has 0 spiro atoms. The van der Waals surface area contributed by atoms with Crippen LogP contribution in [0.2, 0.25) is 0 Å². The maximum atomic E-state index is 15.5. The maximum Gasteiger partial charge on any atom is 0.341 e. The summed E-state index contributed by atoms with van der Waals surface area (Å²) in [6.45, 7) is 5.71. The minimum atomic E-state index is -1.24. The summed E-state index contributed by atoms with van der Waals surface area (Å²) in [6.07, 6.45) is 1.35. The van der Waals surface area contributed by atoms with E-state index in [0.717, 1.165) is 0 Å². The molecule has 37 heavy (non-hydrogen) atoms. The lowest BCUT2D eigenvalue weighted by Gasteiger charge is -2.36. The zero-order valence-corrected chi connectivity index (χ0v) is 20.4. The molecule has 0 aliphatic carbocycles. The van der Waals surface area contributed by atoms with Crippen molar-refractivity contribution in [1.82, 2.24) is 14.9 Å². The summed E-state index contributed by atoms with van der Waals surface area (Å²) in [5.74, 6) is -3.43. The summed E-state index contributed by atoms with van der Waals surface area (Å²) in [7, 11) is 0. The molecule has 5 rings (SSSR count). The van der Waals surface area contributed by atoms with Crippen molar-refractivity contribution in [3.05, 3.63) is 53.1 Å². The Labute approximate surface area is 210 Å². The number of ether oxygens (including phenoxy) is 1. The van der Waals surface area contributed by atoms with Crippen molar-refractivity contribution in [2.75, 3.05) is 54.4 Å². The number of halogens is 3. The molecule has 1 saturated heterocycles. The standard InChI is InChI=1S/C25H25F3N6O3/c1-3-34-23-18-16(29-13-30-23)11-14(19(26)22(18)31-25(34)36)12-32-7-9-33(10-8-32)17-6-5-15(20(27)21(17)28)24(35)37-4-2/h5-6,11,13H,3-4,7-10,12H2,1-2H3,(H,31,36). The van der Waals surface area contributed by atoms with Crippen LogP contribution in [0.25, 0.3) is 10.9 Å². The van der Waals surface area contributed by atoms with Crippen LogP contribution in [0.4, 0.5) is 35.2 Å². The third-order valence-electron chi connectivity index (χ3n) is 6.63. The molecule has 2 aromatic carbocycles. The van der Waals surface area contributed by atoms with E-state index in [1.807, 2.05) is 4.90 Å². The second-order valence-electron chi connectivity index (χ2n) is 8.73. The number of carbonyl (C=O) groups is 2. The van der Waals surface area contributed by atoms with E-state index in [9.17, 15) is 18.4 Å². The topological polar surface area (TPSA) is 90.9 Å². The molecule has 0 unspecified atom stereocenters. The SMILES string of the molecule is CCOC(=O)c1ccc(N2CCN(Cc3cc4ncnc5c4c(c3F)NC(=O)N5CC)CC2)c(F)c1F. The molecule has 0 atom stereocenters. The highest BCUT2D eigenvalue weighted by molar-refractivity contribution is 6.17. The van der Waals surface area contributed by atoms with Crippen molar-refractivity contribution < 1.29 is 27.5 Å². The molecular formula is C25H25F3N6O3. The largest absolute Gasteiger partial charge is 0.462 e.